The average Bonchev–Trinajstić information content (AvgIpc) is 3.21. The molecule has 136 valence electrons. The average molecular weight is 379 g/mol. The molecule has 2 aromatic carbocycles. The third kappa shape index (κ3) is 4.57. The van der Waals surface area contributed by atoms with Crippen molar-refractivity contribution in [2.24, 2.45) is 0 Å². The Balaban J connectivity index is 0.00000113. The fourth-order valence-electron chi connectivity index (χ4n) is 3.94. The number of halogens is 2. The molecule has 1 N–H and O–H groups in total. The van der Waals surface area contributed by atoms with Gasteiger partial charge in [0.1, 0.15) is 0 Å². The van der Waals surface area contributed by atoms with Crippen molar-refractivity contribution >= 4 is 24.8 Å². The van der Waals surface area contributed by atoms with Gasteiger partial charge < -0.3 is 10.2 Å². The molecular formula is C21H28Cl2N2. The van der Waals surface area contributed by atoms with Crippen LogP contribution in [0, 0.1) is 0 Å². The first-order valence-electron chi connectivity index (χ1n) is 8.95. The molecule has 0 aromatic heterocycles. The highest BCUT2D eigenvalue weighted by molar-refractivity contribution is 5.85. The molecular weight excluding hydrogens is 351 g/mol. The molecule has 0 unspecified atom stereocenters. The second-order valence-electron chi connectivity index (χ2n) is 7.06. The molecule has 0 radical (unpaired) electrons. The van der Waals surface area contributed by atoms with Gasteiger partial charge in [0.05, 0.1) is 0 Å². The minimum atomic E-state index is 0. The molecule has 2 nitrogen and oxygen atoms in total. The quantitative estimate of drug-likeness (QED) is 0.819. The molecule has 2 aliphatic heterocycles. The third-order valence-corrected chi connectivity index (χ3v) is 5.50. The Kier molecular flexibility index (Phi) is 7.33. The van der Waals surface area contributed by atoms with Gasteiger partial charge in [0.2, 0.25) is 0 Å². The number of hydrogen-bond donors (Lipinski definition) is 1. The van der Waals surface area contributed by atoms with E-state index in [0.29, 0.717) is 0 Å². The fraction of sp³-hybridized carbons (Fsp3) is 0.429. The lowest BCUT2D eigenvalue weighted by Crippen LogP contribution is -2.28. The standard InChI is InChI=1S/C21H26N2.2ClH/c1-16-3-2-11-23(16)12-10-17-4-6-18(7-5-17)19-8-9-20-14-22-15-21(20)13-19;;/h4-9,13,16,22H,2-3,10-12,14-15H2,1H3;2*1H/t16-;;/m1../s1. The van der Waals surface area contributed by atoms with Gasteiger partial charge in [0, 0.05) is 25.7 Å². The maximum Gasteiger partial charge on any atom is 0.0212 e. The Labute approximate surface area is 163 Å². The molecule has 0 aliphatic carbocycles. The first-order chi connectivity index (χ1) is 11.3. The summed E-state index contributed by atoms with van der Waals surface area (Å²) in [6.45, 7) is 6.87. The van der Waals surface area contributed by atoms with E-state index >= 15 is 0 Å². The smallest absolute Gasteiger partial charge is 0.0212 e. The molecule has 2 aromatic rings. The fourth-order valence-corrected chi connectivity index (χ4v) is 3.94. The van der Waals surface area contributed by atoms with E-state index in [1.165, 1.54) is 60.2 Å². The zero-order valence-corrected chi connectivity index (χ0v) is 16.5. The molecule has 0 amide bonds. The monoisotopic (exact) mass is 378 g/mol. The number of benzene rings is 2. The molecule has 2 aliphatic rings. The second kappa shape index (κ2) is 9.05. The van der Waals surface area contributed by atoms with Crippen LogP contribution in [0.25, 0.3) is 11.1 Å². The highest BCUT2D eigenvalue weighted by Gasteiger charge is 2.19. The number of likely N-dealkylation sites (tertiary alicyclic amines) is 1. The zero-order chi connectivity index (χ0) is 15.6. The lowest BCUT2D eigenvalue weighted by molar-refractivity contribution is 0.272. The normalized spacial score (nSPS) is 19.2. The van der Waals surface area contributed by atoms with Crippen LogP contribution < -0.4 is 5.32 Å². The summed E-state index contributed by atoms with van der Waals surface area (Å²) in [4.78, 5) is 2.63. The van der Waals surface area contributed by atoms with Gasteiger partial charge in [-0.05, 0) is 66.6 Å². The van der Waals surface area contributed by atoms with Gasteiger partial charge in [-0.1, -0.05) is 36.4 Å². The minimum absolute atomic E-state index is 0. The summed E-state index contributed by atoms with van der Waals surface area (Å²) in [5.41, 5.74) is 7.03. The van der Waals surface area contributed by atoms with Crippen LogP contribution in [0.15, 0.2) is 42.5 Å². The van der Waals surface area contributed by atoms with Crippen molar-refractivity contribution in [3.8, 4) is 11.1 Å². The van der Waals surface area contributed by atoms with Crippen LogP contribution in [-0.2, 0) is 19.5 Å². The SMILES string of the molecule is C[C@@H]1CCCN1CCc1ccc(-c2ccc3c(c2)CNC3)cc1.Cl.Cl. The van der Waals surface area contributed by atoms with E-state index in [9.17, 15) is 0 Å². The second-order valence-corrected chi connectivity index (χ2v) is 7.06. The molecule has 4 heteroatoms. The van der Waals surface area contributed by atoms with Gasteiger partial charge in [-0.3, -0.25) is 0 Å². The molecule has 0 spiro atoms. The van der Waals surface area contributed by atoms with Crippen molar-refractivity contribution in [1.82, 2.24) is 10.2 Å². The maximum absolute atomic E-state index is 3.42. The van der Waals surface area contributed by atoms with E-state index in [1.54, 1.807) is 0 Å². The first kappa shape index (κ1) is 20.3. The predicted octanol–water partition coefficient (Wildman–Crippen LogP) is 4.83. The summed E-state index contributed by atoms with van der Waals surface area (Å²) in [5.74, 6) is 0. The van der Waals surface area contributed by atoms with Crippen molar-refractivity contribution in [1.29, 1.82) is 0 Å². The molecule has 4 rings (SSSR count). The Morgan fingerprint density at radius 1 is 0.960 bits per heavy atom. The number of nitrogens with zero attached hydrogens (tertiary/aromatic N) is 1. The number of rotatable bonds is 4. The van der Waals surface area contributed by atoms with Crippen molar-refractivity contribution < 1.29 is 0 Å². The lowest BCUT2D eigenvalue weighted by atomic mass is 9.99. The largest absolute Gasteiger partial charge is 0.309 e. The van der Waals surface area contributed by atoms with Crippen LogP contribution in [0.3, 0.4) is 0 Å². The molecule has 0 bridgehead atoms. The van der Waals surface area contributed by atoms with Gasteiger partial charge in [0.25, 0.3) is 0 Å². The van der Waals surface area contributed by atoms with Crippen LogP contribution >= 0.6 is 24.8 Å². The van der Waals surface area contributed by atoms with Crippen molar-refractivity contribution in [2.75, 3.05) is 13.1 Å². The first-order valence-corrected chi connectivity index (χ1v) is 8.95. The Hall–Kier alpha value is -1.06. The summed E-state index contributed by atoms with van der Waals surface area (Å²) in [6, 6.07) is 16.8. The van der Waals surface area contributed by atoms with Crippen LogP contribution in [0.5, 0.6) is 0 Å². The summed E-state index contributed by atoms with van der Waals surface area (Å²) in [7, 11) is 0. The van der Waals surface area contributed by atoms with E-state index in [-0.39, 0.29) is 24.8 Å². The van der Waals surface area contributed by atoms with E-state index in [4.69, 9.17) is 0 Å². The van der Waals surface area contributed by atoms with Crippen LogP contribution in [-0.4, -0.2) is 24.0 Å². The highest BCUT2D eigenvalue weighted by Crippen LogP contribution is 2.25. The third-order valence-electron chi connectivity index (χ3n) is 5.50. The van der Waals surface area contributed by atoms with E-state index in [2.05, 4.69) is 59.6 Å². The van der Waals surface area contributed by atoms with Gasteiger partial charge in [-0.15, -0.1) is 24.8 Å². The summed E-state index contributed by atoms with van der Waals surface area (Å²) >= 11 is 0. The Bertz CT molecular complexity index is 685. The van der Waals surface area contributed by atoms with E-state index in [0.717, 1.165) is 19.1 Å². The van der Waals surface area contributed by atoms with E-state index in [1.807, 2.05) is 0 Å². The predicted molar refractivity (Wildman–Crippen MR) is 111 cm³/mol. The molecule has 2 heterocycles. The maximum atomic E-state index is 3.42. The van der Waals surface area contributed by atoms with Crippen molar-refractivity contribution in [3.05, 3.63) is 59.2 Å². The molecule has 1 atom stereocenters. The van der Waals surface area contributed by atoms with Crippen LogP contribution in [0.4, 0.5) is 0 Å². The highest BCUT2D eigenvalue weighted by atomic mass is 35.5. The molecule has 1 fully saturated rings. The molecule has 1 saturated heterocycles. The van der Waals surface area contributed by atoms with Crippen molar-refractivity contribution in [3.63, 3.8) is 0 Å². The van der Waals surface area contributed by atoms with Crippen LogP contribution in [0.1, 0.15) is 36.5 Å². The van der Waals surface area contributed by atoms with Gasteiger partial charge in [0.15, 0.2) is 0 Å². The molecule has 25 heavy (non-hydrogen) atoms. The Morgan fingerprint density at radius 3 is 2.40 bits per heavy atom. The number of hydrogen-bond acceptors (Lipinski definition) is 2. The summed E-state index contributed by atoms with van der Waals surface area (Å²) in [5, 5.41) is 3.42. The number of fused-ring (bicyclic) bond motifs is 1. The van der Waals surface area contributed by atoms with Gasteiger partial charge in [-0.2, -0.15) is 0 Å². The minimum Gasteiger partial charge on any atom is -0.309 e. The summed E-state index contributed by atoms with van der Waals surface area (Å²) in [6.07, 6.45) is 3.90. The zero-order valence-electron chi connectivity index (χ0n) is 14.8. The number of nitrogens with one attached hydrogen (secondary N) is 1. The Morgan fingerprint density at radius 2 is 1.68 bits per heavy atom. The lowest BCUT2D eigenvalue weighted by Gasteiger charge is -2.20. The van der Waals surface area contributed by atoms with Crippen molar-refractivity contribution in [2.45, 2.75) is 45.3 Å². The van der Waals surface area contributed by atoms with Gasteiger partial charge in [-0.25, -0.2) is 0 Å². The molecule has 0 saturated carbocycles. The summed E-state index contributed by atoms with van der Waals surface area (Å²) < 4.78 is 0. The van der Waals surface area contributed by atoms with Gasteiger partial charge >= 0.3 is 0 Å². The van der Waals surface area contributed by atoms with Crippen LogP contribution in [0.2, 0.25) is 0 Å². The topological polar surface area (TPSA) is 15.3 Å². The van der Waals surface area contributed by atoms with E-state index < -0.39 is 0 Å².